The van der Waals surface area contributed by atoms with Crippen LogP contribution in [-0.2, 0) is 11.2 Å². The first-order valence-corrected chi connectivity index (χ1v) is 6.65. The van der Waals surface area contributed by atoms with Crippen molar-refractivity contribution in [1.29, 1.82) is 5.26 Å². The fourth-order valence-corrected chi connectivity index (χ4v) is 1.80. The van der Waals surface area contributed by atoms with E-state index in [1.807, 2.05) is 30.3 Å². The number of hydrogen-bond acceptors (Lipinski definition) is 3. The molecule has 0 aliphatic heterocycles. The van der Waals surface area contributed by atoms with Crippen LogP contribution >= 0.6 is 0 Å². The molecule has 1 aromatic carbocycles. The number of carbonyl (C=O) groups is 1. The van der Waals surface area contributed by atoms with Gasteiger partial charge in [-0.1, -0.05) is 25.1 Å². The van der Waals surface area contributed by atoms with Gasteiger partial charge in [0.1, 0.15) is 11.6 Å². The van der Waals surface area contributed by atoms with Gasteiger partial charge < -0.3 is 5.32 Å². The number of nitrogens with zero attached hydrogens (tertiary/aromatic N) is 2. The quantitative estimate of drug-likeness (QED) is 0.689. The highest BCUT2D eigenvalue weighted by Gasteiger charge is 2.09. The highest BCUT2D eigenvalue weighted by atomic mass is 16.1. The third-order valence-electron chi connectivity index (χ3n) is 2.98. The Morgan fingerprint density at radius 1 is 1.33 bits per heavy atom. The SMILES string of the molecule is CCc1ccc(NC(=O)C(C#N)=Cc2cccnc2)cc1. The van der Waals surface area contributed by atoms with Crippen molar-refractivity contribution < 1.29 is 4.79 Å². The molecule has 0 aliphatic carbocycles. The summed E-state index contributed by atoms with van der Waals surface area (Å²) in [7, 11) is 0. The molecule has 0 radical (unpaired) electrons. The minimum atomic E-state index is -0.425. The normalized spacial score (nSPS) is 10.8. The molecule has 4 nitrogen and oxygen atoms in total. The van der Waals surface area contributed by atoms with Crippen molar-refractivity contribution in [3.63, 3.8) is 0 Å². The lowest BCUT2D eigenvalue weighted by molar-refractivity contribution is -0.112. The first-order valence-electron chi connectivity index (χ1n) is 6.65. The Kier molecular flexibility index (Phi) is 4.84. The van der Waals surface area contributed by atoms with Gasteiger partial charge in [0.15, 0.2) is 0 Å². The molecule has 0 aliphatic rings. The Bertz CT molecular complexity index is 682. The number of aryl methyl sites for hydroxylation is 1. The minimum absolute atomic E-state index is 0.0440. The van der Waals surface area contributed by atoms with E-state index in [2.05, 4.69) is 17.2 Å². The molecule has 2 aromatic rings. The van der Waals surface area contributed by atoms with E-state index in [1.54, 1.807) is 24.5 Å². The summed E-state index contributed by atoms with van der Waals surface area (Å²) in [6, 6.07) is 13.0. The highest BCUT2D eigenvalue weighted by Crippen LogP contribution is 2.12. The molecule has 0 spiro atoms. The summed E-state index contributed by atoms with van der Waals surface area (Å²) < 4.78 is 0. The van der Waals surface area contributed by atoms with Gasteiger partial charge >= 0.3 is 0 Å². The number of anilines is 1. The van der Waals surface area contributed by atoms with Crippen LogP contribution in [0.4, 0.5) is 5.69 Å². The minimum Gasteiger partial charge on any atom is -0.321 e. The molecular weight excluding hydrogens is 262 g/mol. The van der Waals surface area contributed by atoms with E-state index in [0.29, 0.717) is 11.3 Å². The van der Waals surface area contributed by atoms with Gasteiger partial charge in [-0.2, -0.15) is 5.26 Å². The molecule has 104 valence electrons. The van der Waals surface area contributed by atoms with Crippen molar-refractivity contribution >= 4 is 17.7 Å². The highest BCUT2D eigenvalue weighted by molar-refractivity contribution is 6.09. The van der Waals surface area contributed by atoms with Crippen molar-refractivity contribution in [1.82, 2.24) is 4.98 Å². The first kappa shape index (κ1) is 14.5. The van der Waals surface area contributed by atoms with Crippen LogP contribution in [0.2, 0.25) is 0 Å². The van der Waals surface area contributed by atoms with Crippen LogP contribution < -0.4 is 5.32 Å². The van der Waals surface area contributed by atoms with Crippen molar-refractivity contribution in [2.24, 2.45) is 0 Å². The third kappa shape index (κ3) is 4.02. The molecule has 0 fully saturated rings. The maximum atomic E-state index is 12.1. The van der Waals surface area contributed by atoms with Crippen LogP contribution in [0.3, 0.4) is 0 Å². The van der Waals surface area contributed by atoms with Crippen molar-refractivity contribution in [2.45, 2.75) is 13.3 Å². The van der Waals surface area contributed by atoms with E-state index < -0.39 is 5.91 Å². The number of nitriles is 1. The Morgan fingerprint density at radius 3 is 2.67 bits per heavy atom. The predicted octanol–water partition coefficient (Wildman–Crippen LogP) is 3.19. The van der Waals surface area contributed by atoms with Gasteiger partial charge in [0.2, 0.25) is 0 Å². The second kappa shape index (κ2) is 7.01. The molecule has 0 bridgehead atoms. The van der Waals surface area contributed by atoms with Gasteiger partial charge in [-0.3, -0.25) is 9.78 Å². The van der Waals surface area contributed by atoms with Crippen LogP contribution in [0.25, 0.3) is 6.08 Å². The molecule has 0 saturated heterocycles. The largest absolute Gasteiger partial charge is 0.321 e. The summed E-state index contributed by atoms with van der Waals surface area (Å²) in [4.78, 5) is 16.0. The van der Waals surface area contributed by atoms with E-state index in [1.165, 1.54) is 11.6 Å². The smallest absolute Gasteiger partial charge is 0.266 e. The summed E-state index contributed by atoms with van der Waals surface area (Å²) in [5.74, 6) is -0.425. The number of carbonyl (C=O) groups excluding carboxylic acids is 1. The number of benzene rings is 1. The monoisotopic (exact) mass is 277 g/mol. The van der Waals surface area contributed by atoms with E-state index >= 15 is 0 Å². The van der Waals surface area contributed by atoms with E-state index in [-0.39, 0.29) is 5.57 Å². The molecule has 2 rings (SSSR count). The lowest BCUT2D eigenvalue weighted by Gasteiger charge is -2.05. The Hall–Kier alpha value is -2.93. The zero-order valence-electron chi connectivity index (χ0n) is 11.7. The van der Waals surface area contributed by atoms with Gasteiger partial charge in [0.25, 0.3) is 5.91 Å². The predicted molar refractivity (Wildman–Crippen MR) is 82.3 cm³/mol. The maximum Gasteiger partial charge on any atom is 0.266 e. The molecule has 1 heterocycles. The third-order valence-corrected chi connectivity index (χ3v) is 2.98. The molecule has 0 saturated carbocycles. The van der Waals surface area contributed by atoms with Crippen molar-refractivity contribution in [2.75, 3.05) is 5.32 Å². The number of pyridine rings is 1. The van der Waals surface area contributed by atoms with Gasteiger partial charge in [-0.25, -0.2) is 0 Å². The van der Waals surface area contributed by atoms with Gasteiger partial charge in [-0.05, 0) is 41.8 Å². The van der Waals surface area contributed by atoms with E-state index in [4.69, 9.17) is 5.26 Å². The number of nitrogens with one attached hydrogen (secondary N) is 1. The second-order valence-electron chi connectivity index (χ2n) is 4.46. The first-order chi connectivity index (χ1) is 10.2. The molecular formula is C17H15N3O. The summed E-state index contributed by atoms with van der Waals surface area (Å²) >= 11 is 0. The maximum absolute atomic E-state index is 12.1. The van der Waals surface area contributed by atoms with Crippen LogP contribution in [-0.4, -0.2) is 10.9 Å². The standard InChI is InChI=1S/C17H15N3O/c1-2-13-5-7-16(8-6-13)20-17(21)15(11-18)10-14-4-3-9-19-12-14/h3-10,12H,2H2,1H3,(H,20,21). The van der Waals surface area contributed by atoms with Crippen LogP contribution in [0.1, 0.15) is 18.1 Å². The molecule has 4 heteroatoms. The van der Waals surface area contributed by atoms with E-state index in [0.717, 1.165) is 6.42 Å². The average molecular weight is 277 g/mol. The second-order valence-corrected chi connectivity index (χ2v) is 4.46. The van der Waals surface area contributed by atoms with Crippen molar-refractivity contribution in [3.05, 3.63) is 65.5 Å². The molecule has 0 unspecified atom stereocenters. The average Bonchev–Trinajstić information content (AvgIpc) is 2.54. The zero-order valence-corrected chi connectivity index (χ0v) is 11.7. The summed E-state index contributed by atoms with van der Waals surface area (Å²) in [5.41, 5.74) is 2.62. The van der Waals surface area contributed by atoms with Crippen LogP contribution in [0, 0.1) is 11.3 Å². The van der Waals surface area contributed by atoms with Crippen LogP contribution in [0.5, 0.6) is 0 Å². The molecule has 0 atom stereocenters. The molecule has 21 heavy (non-hydrogen) atoms. The number of aromatic nitrogens is 1. The van der Waals surface area contributed by atoms with Gasteiger partial charge in [0.05, 0.1) is 0 Å². The van der Waals surface area contributed by atoms with Gasteiger partial charge in [-0.15, -0.1) is 0 Å². The van der Waals surface area contributed by atoms with Gasteiger partial charge in [0, 0.05) is 18.1 Å². The van der Waals surface area contributed by atoms with E-state index in [9.17, 15) is 4.79 Å². The lowest BCUT2D eigenvalue weighted by atomic mass is 10.1. The molecule has 1 aromatic heterocycles. The van der Waals surface area contributed by atoms with Crippen LogP contribution in [0.15, 0.2) is 54.4 Å². The molecule has 1 N–H and O–H groups in total. The topological polar surface area (TPSA) is 65.8 Å². The number of amides is 1. The Balaban J connectivity index is 2.13. The number of hydrogen-bond donors (Lipinski definition) is 1. The number of rotatable bonds is 4. The lowest BCUT2D eigenvalue weighted by Crippen LogP contribution is -2.13. The zero-order chi connectivity index (χ0) is 15.1. The summed E-state index contributed by atoms with van der Waals surface area (Å²) in [6.07, 6.45) is 5.70. The summed E-state index contributed by atoms with van der Waals surface area (Å²) in [6.45, 7) is 2.07. The fourth-order valence-electron chi connectivity index (χ4n) is 1.80. The van der Waals surface area contributed by atoms with Crippen molar-refractivity contribution in [3.8, 4) is 6.07 Å². The Labute approximate surface area is 123 Å². The summed E-state index contributed by atoms with van der Waals surface area (Å²) in [5, 5.41) is 11.8. The Morgan fingerprint density at radius 2 is 2.10 bits per heavy atom. The molecule has 1 amide bonds. The fraction of sp³-hybridized carbons (Fsp3) is 0.118.